The van der Waals surface area contributed by atoms with Gasteiger partial charge in [-0.1, -0.05) is 49.1 Å². The molecule has 1 atom stereocenters. The molecule has 1 N–H and O–H groups in total. The minimum absolute atomic E-state index is 0.0131. The van der Waals surface area contributed by atoms with Crippen molar-refractivity contribution in [3.05, 3.63) is 95.6 Å². The van der Waals surface area contributed by atoms with Crippen molar-refractivity contribution in [2.24, 2.45) is 0 Å². The second kappa shape index (κ2) is 13.2. The third kappa shape index (κ3) is 7.70. The van der Waals surface area contributed by atoms with Crippen LogP contribution in [0.1, 0.15) is 50.2 Å². The predicted molar refractivity (Wildman–Crippen MR) is 154 cm³/mol. The summed E-state index contributed by atoms with van der Waals surface area (Å²) in [5, 5.41) is 3.04. The standard InChI is InChI=1S/C31H35F2N3O4S/c1-22-8-18-29(19-9-22)41(39,40)36(28-16-14-26(33)15-17-28)21-30(37)35(20-24-10-12-25(32)13-11-24)23(2)31(38)34-27-6-4-3-5-7-27/h8-19,23,27H,3-7,20-21H2,1-2H3,(H,34,38)/t23-/m0/s1. The lowest BCUT2D eigenvalue weighted by Gasteiger charge is -2.33. The first-order valence-electron chi connectivity index (χ1n) is 13.7. The lowest BCUT2D eigenvalue weighted by molar-refractivity contribution is -0.139. The number of sulfonamides is 1. The summed E-state index contributed by atoms with van der Waals surface area (Å²) >= 11 is 0. The van der Waals surface area contributed by atoms with Crippen LogP contribution in [0.2, 0.25) is 0 Å². The lowest BCUT2D eigenvalue weighted by Crippen LogP contribution is -2.53. The van der Waals surface area contributed by atoms with Crippen LogP contribution in [0.25, 0.3) is 0 Å². The highest BCUT2D eigenvalue weighted by atomic mass is 32.2. The van der Waals surface area contributed by atoms with Gasteiger partial charge in [0.05, 0.1) is 10.6 Å². The van der Waals surface area contributed by atoms with Gasteiger partial charge in [0.15, 0.2) is 0 Å². The summed E-state index contributed by atoms with van der Waals surface area (Å²) in [5.41, 5.74) is 1.53. The maximum Gasteiger partial charge on any atom is 0.264 e. The Morgan fingerprint density at radius 1 is 0.878 bits per heavy atom. The second-order valence-corrected chi connectivity index (χ2v) is 12.3. The molecule has 0 heterocycles. The van der Waals surface area contributed by atoms with Crippen LogP contribution in [0.4, 0.5) is 14.5 Å². The summed E-state index contributed by atoms with van der Waals surface area (Å²) in [6, 6.07) is 15.6. The highest BCUT2D eigenvalue weighted by Gasteiger charge is 2.33. The van der Waals surface area contributed by atoms with Crippen molar-refractivity contribution in [1.82, 2.24) is 10.2 Å². The SMILES string of the molecule is Cc1ccc(S(=O)(=O)N(CC(=O)N(Cc2ccc(F)cc2)[C@@H](C)C(=O)NC2CCCCC2)c2ccc(F)cc2)cc1. The van der Waals surface area contributed by atoms with Gasteiger partial charge < -0.3 is 10.2 Å². The number of carbonyl (C=O) groups excluding carboxylic acids is 2. The Bertz CT molecular complexity index is 1440. The molecule has 3 aromatic rings. The van der Waals surface area contributed by atoms with Gasteiger partial charge in [-0.2, -0.15) is 0 Å². The average molecular weight is 584 g/mol. The molecule has 0 radical (unpaired) electrons. The molecule has 2 amide bonds. The summed E-state index contributed by atoms with van der Waals surface area (Å²) in [6.45, 7) is 2.74. The third-order valence-corrected chi connectivity index (χ3v) is 9.18. The average Bonchev–Trinajstić information content (AvgIpc) is 2.96. The molecule has 0 bridgehead atoms. The zero-order chi connectivity index (χ0) is 29.6. The Morgan fingerprint density at radius 3 is 2.02 bits per heavy atom. The molecule has 0 unspecified atom stereocenters. The highest BCUT2D eigenvalue weighted by molar-refractivity contribution is 7.92. The fourth-order valence-electron chi connectivity index (χ4n) is 4.91. The second-order valence-electron chi connectivity index (χ2n) is 10.5. The van der Waals surface area contributed by atoms with Crippen LogP contribution in [0, 0.1) is 18.6 Å². The molecule has 4 rings (SSSR count). The molecular formula is C31H35F2N3O4S. The van der Waals surface area contributed by atoms with E-state index in [1.165, 1.54) is 53.4 Å². The summed E-state index contributed by atoms with van der Waals surface area (Å²) in [5.74, 6) is -1.98. The molecular weight excluding hydrogens is 548 g/mol. The number of benzene rings is 3. The van der Waals surface area contributed by atoms with E-state index in [2.05, 4.69) is 5.32 Å². The third-order valence-electron chi connectivity index (χ3n) is 7.39. The molecule has 1 saturated carbocycles. The molecule has 7 nitrogen and oxygen atoms in total. The number of amides is 2. The van der Waals surface area contributed by atoms with Gasteiger partial charge in [0, 0.05) is 12.6 Å². The van der Waals surface area contributed by atoms with Gasteiger partial charge in [0.25, 0.3) is 10.0 Å². The summed E-state index contributed by atoms with van der Waals surface area (Å²) < 4.78 is 55.8. The van der Waals surface area contributed by atoms with E-state index >= 15 is 0 Å². The van der Waals surface area contributed by atoms with Crippen LogP contribution in [-0.2, 0) is 26.2 Å². The molecule has 0 spiro atoms. The van der Waals surface area contributed by atoms with Crippen molar-refractivity contribution in [2.45, 2.75) is 69.5 Å². The van der Waals surface area contributed by atoms with Crippen LogP contribution >= 0.6 is 0 Å². The maximum absolute atomic E-state index is 13.9. The molecule has 0 aromatic heterocycles. The summed E-state index contributed by atoms with van der Waals surface area (Å²) in [6.07, 6.45) is 4.86. The Balaban J connectivity index is 1.66. The fraction of sp³-hybridized carbons (Fsp3) is 0.355. The summed E-state index contributed by atoms with van der Waals surface area (Å²) in [4.78, 5) is 28.5. The van der Waals surface area contributed by atoms with Gasteiger partial charge in [0.1, 0.15) is 24.2 Å². The number of aryl methyl sites for hydroxylation is 1. The number of hydrogen-bond acceptors (Lipinski definition) is 4. The zero-order valence-corrected chi connectivity index (χ0v) is 24.0. The normalized spacial score (nSPS) is 14.7. The van der Waals surface area contributed by atoms with Crippen molar-refractivity contribution < 1.29 is 26.8 Å². The van der Waals surface area contributed by atoms with E-state index < -0.39 is 40.2 Å². The van der Waals surface area contributed by atoms with E-state index in [9.17, 15) is 26.8 Å². The topological polar surface area (TPSA) is 86.8 Å². The molecule has 3 aromatic carbocycles. The quantitative estimate of drug-likeness (QED) is 0.349. The number of hydrogen-bond donors (Lipinski definition) is 1. The van der Waals surface area contributed by atoms with Crippen molar-refractivity contribution in [3.8, 4) is 0 Å². The first kappa shape index (κ1) is 30.2. The van der Waals surface area contributed by atoms with Gasteiger partial charge in [-0.25, -0.2) is 17.2 Å². The van der Waals surface area contributed by atoms with Crippen molar-refractivity contribution in [1.29, 1.82) is 0 Å². The van der Waals surface area contributed by atoms with Crippen molar-refractivity contribution in [2.75, 3.05) is 10.8 Å². The molecule has 1 fully saturated rings. The predicted octanol–water partition coefficient (Wildman–Crippen LogP) is 5.33. The van der Waals surface area contributed by atoms with E-state index in [0.29, 0.717) is 5.56 Å². The van der Waals surface area contributed by atoms with Crippen LogP contribution in [0.3, 0.4) is 0 Å². The van der Waals surface area contributed by atoms with Gasteiger partial charge in [0.2, 0.25) is 11.8 Å². The summed E-state index contributed by atoms with van der Waals surface area (Å²) in [7, 11) is -4.25. The highest BCUT2D eigenvalue weighted by Crippen LogP contribution is 2.25. The molecule has 0 aliphatic heterocycles. The van der Waals surface area contributed by atoms with Crippen molar-refractivity contribution >= 4 is 27.5 Å². The van der Waals surface area contributed by atoms with Gasteiger partial charge in [-0.05, 0) is 80.8 Å². The minimum atomic E-state index is -4.25. The molecule has 1 aliphatic rings. The first-order chi connectivity index (χ1) is 19.5. The molecule has 10 heteroatoms. The smallest absolute Gasteiger partial charge is 0.264 e. The van der Waals surface area contributed by atoms with Gasteiger partial charge in [-0.15, -0.1) is 0 Å². The minimum Gasteiger partial charge on any atom is -0.352 e. The van der Waals surface area contributed by atoms with E-state index in [1.54, 1.807) is 19.1 Å². The number of nitrogens with one attached hydrogen (secondary N) is 1. The Labute approximate surface area is 240 Å². The monoisotopic (exact) mass is 583 g/mol. The van der Waals surface area contributed by atoms with E-state index in [0.717, 1.165) is 54.1 Å². The van der Waals surface area contributed by atoms with Crippen LogP contribution in [0.15, 0.2) is 77.7 Å². The first-order valence-corrected chi connectivity index (χ1v) is 15.2. The fourth-order valence-corrected chi connectivity index (χ4v) is 6.33. The Hall–Kier alpha value is -3.79. The van der Waals surface area contributed by atoms with Crippen LogP contribution < -0.4 is 9.62 Å². The Kier molecular flexibility index (Phi) is 9.75. The maximum atomic E-state index is 13.9. The number of nitrogens with zero attached hydrogens (tertiary/aromatic N) is 2. The zero-order valence-electron chi connectivity index (χ0n) is 23.2. The van der Waals surface area contributed by atoms with Crippen LogP contribution in [0.5, 0.6) is 0 Å². The number of carbonyl (C=O) groups is 2. The van der Waals surface area contributed by atoms with E-state index in [4.69, 9.17) is 0 Å². The van der Waals surface area contributed by atoms with E-state index in [1.807, 2.05) is 6.92 Å². The van der Waals surface area contributed by atoms with E-state index in [-0.39, 0.29) is 29.1 Å². The molecule has 41 heavy (non-hydrogen) atoms. The largest absolute Gasteiger partial charge is 0.352 e. The Morgan fingerprint density at radius 2 is 1.44 bits per heavy atom. The molecule has 218 valence electrons. The van der Waals surface area contributed by atoms with Crippen LogP contribution in [-0.4, -0.2) is 43.8 Å². The number of halogens is 2. The van der Waals surface area contributed by atoms with Gasteiger partial charge >= 0.3 is 0 Å². The van der Waals surface area contributed by atoms with Crippen molar-refractivity contribution in [3.63, 3.8) is 0 Å². The number of rotatable bonds is 10. The molecule has 1 aliphatic carbocycles. The molecule has 0 saturated heterocycles. The van der Waals surface area contributed by atoms with Gasteiger partial charge in [-0.3, -0.25) is 13.9 Å². The number of anilines is 1. The lowest BCUT2D eigenvalue weighted by atomic mass is 9.95.